The maximum Gasteiger partial charge on any atom is 0.124 e. The van der Waals surface area contributed by atoms with Gasteiger partial charge in [0.2, 0.25) is 0 Å². The van der Waals surface area contributed by atoms with Gasteiger partial charge in [-0.15, -0.1) is 11.3 Å². The molecule has 0 atom stereocenters. The van der Waals surface area contributed by atoms with Gasteiger partial charge in [-0.2, -0.15) is 0 Å². The molecule has 0 unspecified atom stereocenters. The normalized spacial score (nSPS) is 12.3. The fourth-order valence-electron chi connectivity index (χ4n) is 2.66. The molecule has 0 saturated heterocycles. The molecule has 98 valence electrons. The van der Waals surface area contributed by atoms with Crippen LogP contribution in [0.15, 0.2) is 46.9 Å². The molecule has 1 nitrogen and oxygen atoms in total. The van der Waals surface area contributed by atoms with Gasteiger partial charge in [0.25, 0.3) is 0 Å². The third kappa shape index (κ3) is 1.93. The number of benzene rings is 2. The van der Waals surface area contributed by atoms with Crippen molar-refractivity contribution >= 4 is 27.3 Å². The molecule has 3 heteroatoms. The fraction of sp³-hybridized carbons (Fsp3) is 0.118. The second kappa shape index (κ2) is 4.54. The van der Waals surface area contributed by atoms with Crippen LogP contribution >= 0.6 is 27.3 Å². The summed E-state index contributed by atoms with van der Waals surface area (Å²) in [6.07, 6.45) is 1.02. The molecule has 1 aromatic heterocycles. The zero-order valence-electron chi connectivity index (χ0n) is 11.0. The molecule has 0 radical (unpaired) electrons. The molecule has 20 heavy (non-hydrogen) atoms. The van der Waals surface area contributed by atoms with Crippen molar-refractivity contribution in [3.05, 3.63) is 62.9 Å². The Kier molecular flexibility index (Phi) is 2.79. The van der Waals surface area contributed by atoms with Gasteiger partial charge in [0, 0.05) is 26.9 Å². The molecule has 0 N–H and O–H groups in total. The summed E-state index contributed by atoms with van der Waals surface area (Å²) in [6.45, 7) is 2.14. The quantitative estimate of drug-likeness (QED) is 0.448. The van der Waals surface area contributed by atoms with E-state index in [4.69, 9.17) is 4.98 Å². The number of hydrogen-bond donors (Lipinski definition) is 0. The minimum absolute atomic E-state index is 1.02. The molecule has 0 fully saturated rings. The molecule has 0 aliphatic heterocycles. The van der Waals surface area contributed by atoms with Crippen molar-refractivity contribution in [2.75, 3.05) is 0 Å². The van der Waals surface area contributed by atoms with Crippen molar-refractivity contribution in [2.24, 2.45) is 0 Å². The molecule has 0 spiro atoms. The van der Waals surface area contributed by atoms with Gasteiger partial charge in [-0.25, -0.2) is 4.98 Å². The van der Waals surface area contributed by atoms with Crippen molar-refractivity contribution < 1.29 is 0 Å². The molecule has 1 aliphatic rings. The Balaban J connectivity index is 1.84. The Hall–Kier alpha value is -1.45. The first-order valence-electron chi connectivity index (χ1n) is 6.56. The van der Waals surface area contributed by atoms with Crippen LogP contribution in [0.1, 0.15) is 16.0 Å². The summed E-state index contributed by atoms with van der Waals surface area (Å²) in [6, 6.07) is 15.0. The average molecular weight is 342 g/mol. The van der Waals surface area contributed by atoms with Gasteiger partial charge < -0.3 is 0 Å². The minimum atomic E-state index is 1.02. The molecule has 3 aromatic rings. The zero-order chi connectivity index (χ0) is 13.7. The van der Waals surface area contributed by atoms with Gasteiger partial charge in [0.05, 0.1) is 5.69 Å². The zero-order valence-corrected chi connectivity index (χ0v) is 13.4. The minimum Gasteiger partial charge on any atom is -0.236 e. The van der Waals surface area contributed by atoms with Gasteiger partial charge >= 0.3 is 0 Å². The van der Waals surface area contributed by atoms with Crippen molar-refractivity contribution in [1.82, 2.24) is 4.98 Å². The lowest BCUT2D eigenvalue weighted by Crippen LogP contribution is -1.83. The van der Waals surface area contributed by atoms with Gasteiger partial charge in [-0.1, -0.05) is 45.8 Å². The third-order valence-corrected chi connectivity index (χ3v) is 5.24. The first-order valence-corrected chi connectivity index (χ1v) is 8.17. The van der Waals surface area contributed by atoms with E-state index in [1.165, 1.54) is 32.8 Å². The summed E-state index contributed by atoms with van der Waals surface area (Å²) in [5, 5.41) is 1.11. The number of rotatable bonds is 1. The number of halogens is 1. The number of fused-ring (bicyclic) bond motifs is 3. The number of thiazole rings is 1. The Morgan fingerprint density at radius 1 is 1.15 bits per heavy atom. The van der Waals surface area contributed by atoms with Crippen LogP contribution in [-0.4, -0.2) is 4.98 Å². The first kappa shape index (κ1) is 12.3. The van der Waals surface area contributed by atoms with Gasteiger partial charge in [-0.05, 0) is 30.7 Å². The van der Waals surface area contributed by atoms with Crippen molar-refractivity contribution in [2.45, 2.75) is 13.3 Å². The highest BCUT2D eigenvalue weighted by molar-refractivity contribution is 9.10. The van der Waals surface area contributed by atoms with Crippen LogP contribution in [0.25, 0.3) is 21.8 Å². The lowest BCUT2D eigenvalue weighted by Gasteiger charge is -2.01. The van der Waals surface area contributed by atoms with Gasteiger partial charge in [0.1, 0.15) is 5.01 Å². The Labute approximate surface area is 130 Å². The Morgan fingerprint density at radius 2 is 2.05 bits per heavy atom. The predicted molar refractivity (Wildman–Crippen MR) is 88.2 cm³/mol. The van der Waals surface area contributed by atoms with E-state index in [0.29, 0.717) is 0 Å². The van der Waals surface area contributed by atoms with Crippen molar-refractivity contribution in [1.29, 1.82) is 0 Å². The number of hydrogen-bond acceptors (Lipinski definition) is 2. The highest BCUT2D eigenvalue weighted by Crippen LogP contribution is 2.42. The van der Waals surface area contributed by atoms with Crippen LogP contribution in [-0.2, 0) is 6.42 Å². The number of nitrogens with zero attached hydrogens (tertiary/aromatic N) is 1. The molecule has 1 heterocycles. The number of aromatic nitrogens is 1. The SMILES string of the molecule is Cc1ccc2c(c1)-c1nc(-c3cccc(Br)c3)sc1C2. The molecular weight excluding hydrogens is 330 g/mol. The van der Waals surface area contributed by atoms with E-state index in [1.54, 1.807) is 0 Å². The average Bonchev–Trinajstić information content (AvgIpc) is 2.97. The Morgan fingerprint density at radius 3 is 2.90 bits per heavy atom. The highest BCUT2D eigenvalue weighted by atomic mass is 79.9. The van der Waals surface area contributed by atoms with Crippen LogP contribution in [0.2, 0.25) is 0 Å². The van der Waals surface area contributed by atoms with Crippen molar-refractivity contribution in [3.63, 3.8) is 0 Å². The molecule has 0 saturated carbocycles. The smallest absolute Gasteiger partial charge is 0.124 e. The maximum atomic E-state index is 4.88. The largest absolute Gasteiger partial charge is 0.236 e. The van der Waals surface area contributed by atoms with E-state index in [-0.39, 0.29) is 0 Å². The van der Waals surface area contributed by atoms with Crippen LogP contribution in [0.4, 0.5) is 0 Å². The molecule has 4 rings (SSSR count). The lowest BCUT2D eigenvalue weighted by molar-refractivity contribution is 1.30. The Bertz CT molecular complexity index is 820. The highest BCUT2D eigenvalue weighted by Gasteiger charge is 2.23. The summed E-state index contributed by atoms with van der Waals surface area (Å²) in [5.41, 5.74) is 6.40. The summed E-state index contributed by atoms with van der Waals surface area (Å²) < 4.78 is 1.10. The third-order valence-electron chi connectivity index (χ3n) is 3.64. The standard InChI is InChI=1S/C17H12BrNS/c1-10-5-6-11-9-15-16(14(11)7-10)19-17(20-15)12-3-2-4-13(18)8-12/h2-8H,9H2,1H3. The van der Waals surface area contributed by atoms with Crippen LogP contribution in [0.5, 0.6) is 0 Å². The molecule has 1 aliphatic carbocycles. The predicted octanol–water partition coefficient (Wildman–Crippen LogP) is 5.45. The second-order valence-corrected chi connectivity index (χ2v) is 7.14. The van der Waals surface area contributed by atoms with Gasteiger partial charge in [-0.3, -0.25) is 0 Å². The van der Waals surface area contributed by atoms with E-state index in [9.17, 15) is 0 Å². The van der Waals surface area contributed by atoms with E-state index >= 15 is 0 Å². The van der Waals surface area contributed by atoms with E-state index in [2.05, 4.69) is 59.3 Å². The summed E-state index contributed by atoms with van der Waals surface area (Å²) >= 11 is 5.34. The molecular formula is C17H12BrNS. The van der Waals surface area contributed by atoms with E-state index in [1.807, 2.05) is 17.4 Å². The summed E-state index contributed by atoms with van der Waals surface area (Å²) in [7, 11) is 0. The van der Waals surface area contributed by atoms with E-state index in [0.717, 1.165) is 15.9 Å². The van der Waals surface area contributed by atoms with Crippen molar-refractivity contribution in [3.8, 4) is 21.8 Å². The van der Waals surface area contributed by atoms with E-state index < -0.39 is 0 Å². The summed E-state index contributed by atoms with van der Waals surface area (Å²) in [5.74, 6) is 0. The van der Waals surface area contributed by atoms with Crippen LogP contribution in [0.3, 0.4) is 0 Å². The monoisotopic (exact) mass is 341 g/mol. The van der Waals surface area contributed by atoms with Crippen LogP contribution < -0.4 is 0 Å². The molecule has 0 amide bonds. The first-order chi connectivity index (χ1) is 9.70. The molecule has 0 bridgehead atoms. The lowest BCUT2D eigenvalue weighted by atomic mass is 10.1. The topological polar surface area (TPSA) is 12.9 Å². The second-order valence-electron chi connectivity index (χ2n) is 5.14. The van der Waals surface area contributed by atoms with Gasteiger partial charge in [0.15, 0.2) is 0 Å². The van der Waals surface area contributed by atoms with Crippen LogP contribution in [0, 0.1) is 6.92 Å². The summed E-state index contributed by atoms with van der Waals surface area (Å²) in [4.78, 5) is 6.27. The maximum absolute atomic E-state index is 4.88. The fourth-order valence-corrected chi connectivity index (χ4v) is 4.16. The number of aryl methyl sites for hydroxylation is 1. The molecule has 2 aromatic carbocycles.